The van der Waals surface area contributed by atoms with Crippen molar-refractivity contribution in [3.05, 3.63) is 47.3 Å². The van der Waals surface area contributed by atoms with Gasteiger partial charge in [0.2, 0.25) is 0 Å². The average molecular weight is 286 g/mol. The summed E-state index contributed by atoms with van der Waals surface area (Å²) in [5, 5.41) is 15.1. The quantitative estimate of drug-likeness (QED) is 0.939. The normalized spacial score (nSPS) is 18.9. The molecule has 1 N–H and O–H groups in total. The molecule has 1 aliphatic heterocycles. The number of aromatic nitrogens is 2. The van der Waals surface area contributed by atoms with Crippen LogP contribution >= 0.6 is 0 Å². The summed E-state index contributed by atoms with van der Waals surface area (Å²) in [6, 6.07) is 10.1. The van der Waals surface area contributed by atoms with Gasteiger partial charge in [-0.1, -0.05) is 25.1 Å². The predicted octanol–water partition coefficient (Wildman–Crippen LogP) is 2.45. The van der Waals surface area contributed by atoms with E-state index in [-0.39, 0.29) is 5.92 Å². The van der Waals surface area contributed by atoms with E-state index in [2.05, 4.69) is 24.2 Å². The van der Waals surface area contributed by atoms with E-state index in [1.165, 1.54) is 0 Å². The van der Waals surface area contributed by atoms with Gasteiger partial charge in [-0.15, -0.1) is 0 Å². The summed E-state index contributed by atoms with van der Waals surface area (Å²) in [4.78, 5) is 0. The van der Waals surface area contributed by atoms with Crippen LogP contribution in [0.3, 0.4) is 0 Å². The van der Waals surface area contributed by atoms with Crippen LogP contribution in [0.2, 0.25) is 0 Å². The first-order valence-corrected chi connectivity index (χ1v) is 7.60. The molecule has 1 aromatic carbocycles. The SMILES string of the molecule is CCc1cc(CC(O)C2CCOc3ccccc32)n(C)n1. The molecule has 21 heavy (non-hydrogen) atoms. The summed E-state index contributed by atoms with van der Waals surface area (Å²) >= 11 is 0. The Bertz CT molecular complexity index is 621. The van der Waals surface area contributed by atoms with Crippen molar-refractivity contribution < 1.29 is 9.84 Å². The number of aliphatic hydroxyl groups excluding tert-OH is 1. The number of rotatable bonds is 4. The zero-order valence-corrected chi connectivity index (χ0v) is 12.6. The molecule has 2 heterocycles. The molecule has 0 amide bonds. The minimum Gasteiger partial charge on any atom is -0.493 e. The van der Waals surface area contributed by atoms with E-state index in [0.29, 0.717) is 13.0 Å². The smallest absolute Gasteiger partial charge is 0.122 e. The molecule has 2 unspecified atom stereocenters. The number of benzene rings is 1. The molecule has 3 rings (SSSR count). The van der Waals surface area contributed by atoms with Gasteiger partial charge in [-0.25, -0.2) is 0 Å². The van der Waals surface area contributed by atoms with Crippen LogP contribution in [0.15, 0.2) is 30.3 Å². The van der Waals surface area contributed by atoms with Crippen LogP contribution in [0.25, 0.3) is 0 Å². The Labute approximate surface area is 125 Å². The second kappa shape index (κ2) is 5.90. The number of aliphatic hydroxyl groups is 1. The van der Waals surface area contributed by atoms with Gasteiger partial charge in [-0.2, -0.15) is 5.10 Å². The van der Waals surface area contributed by atoms with Crippen LogP contribution in [0.5, 0.6) is 5.75 Å². The number of fused-ring (bicyclic) bond motifs is 1. The summed E-state index contributed by atoms with van der Waals surface area (Å²) in [5.41, 5.74) is 3.28. The van der Waals surface area contributed by atoms with E-state index in [1.807, 2.05) is 29.9 Å². The highest BCUT2D eigenvalue weighted by Crippen LogP contribution is 2.36. The number of hydrogen-bond acceptors (Lipinski definition) is 3. The summed E-state index contributed by atoms with van der Waals surface area (Å²) in [6.07, 6.45) is 2.00. The Hall–Kier alpha value is -1.81. The highest BCUT2D eigenvalue weighted by Gasteiger charge is 2.28. The fourth-order valence-corrected chi connectivity index (χ4v) is 3.06. The van der Waals surface area contributed by atoms with Crippen LogP contribution < -0.4 is 4.74 Å². The molecule has 0 fully saturated rings. The molecule has 112 valence electrons. The fourth-order valence-electron chi connectivity index (χ4n) is 3.06. The fraction of sp³-hybridized carbons (Fsp3) is 0.471. The minimum absolute atomic E-state index is 0.134. The lowest BCUT2D eigenvalue weighted by atomic mass is 9.86. The van der Waals surface area contributed by atoms with Gasteiger partial charge >= 0.3 is 0 Å². The van der Waals surface area contributed by atoms with Crippen molar-refractivity contribution >= 4 is 0 Å². The van der Waals surface area contributed by atoms with Gasteiger partial charge in [0.1, 0.15) is 5.75 Å². The van der Waals surface area contributed by atoms with Crippen LogP contribution in [0.1, 0.15) is 36.2 Å². The van der Waals surface area contributed by atoms with Gasteiger partial charge in [0.05, 0.1) is 18.4 Å². The molecule has 1 aliphatic rings. The molecule has 0 radical (unpaired) electrons. The zero-order chi connectivity index (χ0) is 14.8. The summed E-state index contributed by atoms with van der Waals surface area (Å²) in [6.45, 7) is 2.77. The van der Waals surface area contributed by atoms with Gasteiger partial charge in [-0.3, -0.25) is 4.68 Å². The number of nitrogens with zero attached hydrogens (tertiary/aromatic N) is 2. The third kappa shape index (κ3) is 2.81. The highest BCUT2D eigenvalue weighted by molar-refractivity contribution is 5.38. The minimum atomic E-state index is -0.407. The number of aryl methyl sites for hydroxylation is 2. The topological polar surface area (TPSA) is 47.3 Å². The first-order chi connectivity index (χ1) is 10.2. The third-order valence-corrected chi connectivity index (χ3v) is 4.28. The average Bonchev–Trinajstić information content (AvgIpc) is 2.87. The Morgan fingerprint density at radius 2 is 2.24 bits per heavy atom. The van der Waals surface area contributed by atoms with E-state index < -0.39 is 6.10 Å². The molecule has 4 nitrogen and oxygen atoms in total. The molecule has 2 aromatic rings. The molecule has 0 bridgehead atoms. The Balaban J connectivity index is 1.80. The van der Waals surface area contributed by atoms with Crippen molar-refractivity contribution in [3.63, 3.8) is 0 Å². The lowest BCUT2D eigenvalue weighted by molar-refractivity contribution is 0.115. The van der Waals surface area contributed by atoms with Crippen LogP contribution in [0, 0.1) is 0 Å². The van der Waals surface area contributed by atoms with E-state index in [4.69, 9.17) is 4.74 Å². The van der Waals surface area contributed by atoms with Crippen molar-refractivity contribution in [1.29, 1.82) is 0 Å². The maximum atomic E-state index is 10.7. The molecular formula is C17H22N2O2. The first kappa shape index (κ1) is 14.1. The predicted molar refractivity (Wildman–Crippen MR) is 81.6 cm³/mol. The number of ether oxygens (including phenoxy) is 1. The maximum Gasteiger partial charge on any atom is 0.122 e. The van der Waals surface area contributed by atoms with E-state index in [9.17, 15) is 5.11 Å². The third-order valence-electron chi connectivity index (χ3n) is 4.28. The summed E-state index contributed by atoms with van der Waals surface area (Å²) in [5.74, 6) is 1.04. The summed E-state index contributed by atoms with van der Waals surface area (Å²) in [7, 11) is 1.94. The van der Waals surface area contributed by atoms with Crippen LogP contribution in [-0.4, -0.2) is 27.6 Å². The molecular weight excluding hydrogens is 264 g/mol. The van der Waals surface area contributed by atoms with Gasteiger partial charge < -0.3 is 9.84 Å². The van der Waals surface area contributed by atoms with Crippen molar-refractivity contribution in [2.45, 2.75) is 38.2 Å². The van der Waals surface area contributed by atoms with E-state index >= 15 is 0 Å². The monoisotopic (exact) mass is 286 g/mol. The standard InChI is InChI=1S/C17H22N2O2/c1-3-12-10-13(19(2)18-12)11-16(20)14-8-9-21-17-7-5-4-6-15(14)17/h4-7,10,14,16,20H,3,8-9,11H2,1-2H3. The molecule has 0 aliphatic carbocycles. The molecule has 0 spiro atoms. The first-order valence-electron chi connectivity index (χ1n) is 7.60. The molecule has 4 heteroatoms. The number of hydrogen-bond donors (Lipinski definition) is 1. The summed E-state index contributed by atoms with van der Waals surface area (Å²) < 4.78 is 7.55. The van der Waals surface area contributed by atoms with E-state index in [1.54, 1.807) is 0 Å². The van der Waals surface area contributed by atoms with Crippen LogP contribution in [0.4, 0.5) is 0 Å². The zero-order valence-electron chi connectivity index (χ0n) is 12.6. The van der Waals surface area contributed by atoms with Gasteiger partial charge in [-0.05, 0) is 30.5 Å². The van der Waals surface area contributed by atoms with Crippen molar-refractivity contribution in [3.8, 4) is 5.75 Å². The Kier molecular flexibility index (Phi) is 3.97. The second-order valence-electron chi connectivity index (χ2n) is 5.66. The van der Waals surface area contributed by atoms with E-state index in [0.717, 1.165) is 35.5 Å². The van der Waals surface area contributed by atoms with Crippen molar-refractivity contribution in [2.75, 3.05) is 6.61 Å². The van der Waals surface area contributed by atoms with Crippen molar-refractivity contribution in [1.82, 2.24) is 9.78 Å². The molecule has 2 atom stereocenters. The molecule has 0 saturated heterocycles. The van der Waals surface area contributed by atoms with Gasteiger partial charge in [0.25, 0.3) is 0 Å². The van der Waals surface area contributed by atoms with Gasteiger partial charge in [0.15, 0.2) is 0 Å². The largest absolute Gasteiger partial charge is 0.493 e. The lowest BCUT2D eigenvalue weighted by Crippen LogP contribution is -2.27. The number of para-hydroxylation sites is 1. The van der Waals surface area contributed by atoms with Crippen molar-refractivity contribution in [2.24, 2.45) is 7.05 Å². The molecule has 0 saturated carbocycles. The van der Waals surface area contributed by atoms with Crippen LogP contribution in [-0.2, 0) is 19.9 Å². The lowest BCUT2D eigenvalue weighted by Gasteiger charge is -2.29. The Morgan fingerprint density at radius 3 is 3.00 bits per heavy atom. The second-order valence-corrected chi connectivity index (χ2v) is 5.66. The molecule has 1 aromatic heterocycles. The van der Waals surface area contributed by atoms with Gasteiger partial charge in [0, 0.05) is 25.1 Å². The maximum absolute atomic E-state index is 10.7. The highest BCUT2D eigenvalue weighted by atomic mass is 16.5. The Morgan fingerprint density at radius 1 is 1.43 bits per heavy atom.